The molecule has 1 N–H and O–H groups in total. The highest BCUT2D eigenvalue weighted by Gasteiger charge is 2.30. The first-order chi connectivity index (χ1) is 7.06. The third kappa shape index (κ3) is 2.92. The molecule has 1 aliphatic rings. The van der Waals surface area contributed by atoms with E-state index in [2.05, 4.69) is 4.74 Å². The van der Waals surface area contributed by atoms with E-state index in [4.69, 9.17) is 0 Å². The highest BCUT2D eigenvalue weighted by atomic mass is 16.5. The van der Waals surface area contributed by atoms with Gasteiger partial charge in [0.2, 0.25) is 0 Å². The predicted molar refractivity (Wildman–Crippen MR) is 53.0 cm³/mol. The molecule has 0 aromatic carbocycles. The van der Waals surface area contributed by atoms with Gasteiger partial charge in [0.05, 0.1) is 12.7 Å². The summed E-state index contributed by atoms with van der Waals surface area (Å²) >= 11 is 0. The number of aliphatic hydroxyl groups excluding tert-OH is 1. The van der Waals surface area contributed by atoms with Crippen molar-refractivity contribution < 1.29 is 19.4 Å². The summed E-state index contributed by atoms with van der Waals surface area (Å²) in [7, 11) is 0. The van der Waals surface area contributed by atoms with Gasteiger partial charge < -0.3 is 14.7 Å². The molecular weight excluding hydrogens is 198 g/mol. The molecule has 0 bridgehead atoms. The van der Waals surface area contributed by atoms with Crippen LogP contribution in [0.25, 0.3) is 0 Å². The second-order valence-electron chi connectivity index (χ2n) is 3.80. The molecule has 1 heterocycles. The number of rotatable bonds is 1. The average Bonchev–Trinajstić information content (AvgIpc) is 2.21. The van der Waals surface area contributed by atoms with Crippen LogP contribution >= 0.6 is 0 Å². The number of hydrogen-bond donors (Lipinski definition) is 1. The van der Waals surface area contributed by atoms with Crippen molar-refractivity contribution in [2.45, 2.75) is 26.4 Å². The normalized spacial score (nSPS) is 26.2. The number of hydrogen-bond acceptors (Lipinski definition) is 4. The predicted octanol–water partition coefficient (Wildman–Crippen LogP) is -0.221. The van der Waals surface area contributed by atoms with E-state index >= 15 is 0 Å². The minimum Gasteiger partial charge on any atom is -0.459 e. The number of carbonyl (C=O) groups excluding carboxylic acids is 2. The zero-order valence-corrected chi connectivity index (χ0v) is 9.10. The lowest BCUT2D eigenvalue weighted by Crippen LogP contribution is -2.47. The van der Waals surface area contributed by atoms with Gasteiger partial charge in [-0.15, -0.1) is 0 Å². The SMILES string of the molecule is CCOC(=O)C(=O)N1CCC(O)C(C)C1. The fourth-order valence-corrected chi connectivity index (χ4v) is 1.64. The summed E-state index contributed by atoms with van der Waals surface area (Å²) in [6.45, 7) is 4.56. The number of amides is 1. The highest BCUT2D eigenvalue weighted by molar-refractivity contribution is 6.32. The summed E-state index contributed by atoms with van der Waals surface area (Å²) < 4.78 is 4.63. The molecule has 0 aliphatic carbocycles. The number of piperidine rings is 1. The summed E-state index contributed by atoms with van der Waals surface area (Å²) in [6.07, 6.45) is 0.142. The van der Waals surface area contributed by atoms with Crippen LogP contribution < -0.4 is 0 Å². The minimum absolute atomic E-state index is 0.0112. The largest absolute Gasteiger partial charge is 0.459 e. The minimum atomic E-state index is -0.805. The van der Waals surface area contributed by atoms with Crippen molar-refractivity contribution in [2.24, 2.45) is 5.92 Å². The smallest absolute Gasteiger partial charge is 0.397 e. The first-order valence-electron chi connectivity index (χ1n) is 5.20. The fraction of sp³-hybridized carbons (Fsp3) is 0.800. The Balaban J connectivity index is 2.51. The number of nitrogens with zero attached hydrogens (tertiary/aromatic N) is 1. The maximum absolute atomic E-state index is 11.5. The van der Waals surface area contributed by atoms with Gasteiger partial charge in [-0.05, 0) is 19.3 Å². The van der Waals surface area contributed by atoms with Gasteiger partial charge in [0.1, 0.15) is 0 Å². The third-order valence-electron chi connectivity index (χ3n) is 2.60. The van der Waals surface area contributed by atoms with E-state index in [1.54, 1.807) is 6.92 Å². The van der Waals surface area contributed by atoms with Crippen LogP contribution in [-0.4, -0.2) is 47.7 Å². The molecule has 0 spiro atoms. The van der Waals surface area contributed by atoms with Crippen molar-refractivity contribution in [3.05, 3.63) is 0 Å². The maximum Gasteiger partial charge on any atom is 0.397 e. The van der Waals surface area contributed by atoms with Gasteiger partial charge in [-0.2, -0.15) is 0 Å². The van der Waals surface area contributed by atoms with Crippen molar-refractivity contribution in [3.63, 3.8) is 0 Å². The van der Waals surface area contributed by atoms with Crippen LogP contribution in [0.5, 0.6) is 0 Å². The van der Waals surface area contributed by atoms with Crippen molar-refractivity contribution in [2.75, 3.05) is 19.7 Å². The Morgan fingerprint density at radius 3 is 2.73 bits per heavy atom. The van der Waals surface area contributed by atoms with Crippen LogP contribution in [-0.2, 0) is 14.3 Å². The Morgan fingerprint density at radius 1 is 1.53 bits per heavy atom. The van der Waals surface area contributed by atoms with Crippen LogP contribution in [0, 0.1) is 5.92 Å². The maximum atomic E-state index is 11.5. The van der Waals surface area contributed by atoms with Gasteiger partial charge in [-0.1, -0.05) is 6.92 Å². The third-order valence-corrected chi connectivity index (χ3v) is 2.60. The van der Waals surface area contributed by atoms with Crippen molar-refractivity contribution in [1.29, 1.82) is 0 Å². The topological polar surface area (TPSA) is 66.8 Å². The summed E-state index contributed by atoms with van der Waals surface area (Å²) in [5, 5.41) is 9.47. The zero-order chi connectivity index (χ0) is 11.4. The van der Waals surface area contributed by atoms with Crippen molar-refractivity contribution >= 4 is 11.9 Å². The molecule has 1 amide bonds. The van der Waals surface area contributed by atoms with E-state index in [1.165, 1.54) is 4.90 Å². The zero-order valence-electron chi connectivity index (χ0n) is 9.10. The van der Waals surface area contributed by atoms with Crippen LogP contribution in [0.2, 0.25) is 0 Å². The molecular formula is C10H17NO4. The van der Waals surface area contributed by atoms with Gasteiger partial charge >= 0.3 is 11.9 Å². The van der Waals surface area contributed by atoms with E-state index in [-0.39, 0.29) is 18.6 Å². The van der Waals surface area contributed by atoms with Gasteiger partial charge in [0.25, 0.3) is 0 Å². The molecule has 5 nitrogen and oxygen atoms in total. The second-order valence-corrected chi connectivity index (χ2v) is 3.80. The van der Waals surface area contributed by atoms with Gasteiger partial charge in [-0.25, -0.2) is 4.79 Å². The quantitative estimate of drug-likeness (QED) is 0.485. The number of esters is 1. The summed E-state index contributed by atoms with van der Waals surface area (Å²) in [5.74, 6) is -1.39. The Labute approximate surface area is 89.0 Å². The lowest BCUT2D eigenvalue weighted by Gasteiger charge is -2.33. The number of likely N-dealkylation sites (tertiary alicyclic amines) is 1. The number of carbonyl (C=O) groups is 2. The standard InChI is InChI=1S/C10H17NO4/c1-3-15-10(14)9(13)11-5-4-8(12)7(2)6-11/h7-8,12H,3-6H2,1-2H3. The molecule has 0 saturated carbocycles. The van der Waals surface area contributed by atoms with Crippen LogP contribution in [0.3, 0.4) is 0 Å². The molecule has 0 radical (unpaired) electrons. The Hall–Kier alpha value is -1.10. The van der Waals surface area contributed by atoms with Gasteiger partial charge in [-0.3, -0.25) is 4.79 Å². The molecule has 0 aromatic rings. The first-order valence-corrected chi connectivity index (χ1v) is 5.20. The van der Waals surface area contributed by atoms with Crippen LogP contribution in [0.1, 0.15) is 20.3 Å². The first kappa shape index (κ1) is 12.0. The van der Waals surface area contributed by atoms with Gasteiger partial charge in [0, 0.05) is 13.1 Å². The summed E-state index contributed by atoms with van der Waals surface area (Å²) in [5.41, 5.74) is 0. The molecule has 1 aliphatic heterocycles. The number of aliphatic hydroxyl groups is 1. The lowest BCUT2D eigenvalue weighted by molar-refractivity contribution is -0.161. The Bertz CT molecular complexity index is 254. The van der Waals surface area contributed by atoms with Crippen LogP contribution in [0.4, 0.5) is 0 Å². The van der Waals surface area contributed by atoms with Crippen molar-refractivity contribution in [1.82, 2.24) is 4.90 Å². The summed E-state index contributed by atoms with van der Waals surface area (Å²) in [4.78, 5) is 24.1. The van der Waals surface area contributed by atoms with Gasteiger partial charge in [0.15, 0.2) is 0 Å². The van der Waals surface area contributed by atoms with E-state index in [1.807, 2.05) is 6.92 Å². The number of ether oxygens (including phenoxy) is 1. The summed E-state index contributed by atoms with van der Waals surface area (Å²) in [6, 6.07) is 0. The molecule has 2 atom stereocenters. The molecule has 15 heavy (non-hydrogen) atoms. The van der Waals surface area contributed by atoms with E-state index in [0.717, 1.165) is 0 Å². The molecule has 1 rings (SSSR count). The Kier molecular flexibility index (Phi) is 4.08. The average molecular weight is 215 g/mol. The second kappa shape index (κ2) is 5.11. The van der Waals surface area contributed by atoms with E-state index < -0.39 is 11.9 Å². The monoisotopic (exact) mass is 215 g/mol. The molecule has 86 valence electrons. The highest BCUT2D eigenvalue weighted by Crippen LogP contribution is 2.16. The lowest BCUT2D eigenvalue weighted by atomic mass is 9.97. The Morgan fingerprint density at radius 2 is 2.20 bits per heavy atom. The molecule has 0 aromatic heterocycles. The van der Waals surface area contributed by atoms with Crippen molar-refractivity contribution in [3.8, 4) is 0 Å². The molecule has 1 saturated heterocycles. The van der Waals surface area contributed by atoms with E-state index in [9.17, 15) is 14.7 Å². The van der Waals surface area contributed by atoms with E-state index in [0.29, 0.717) is 19.5 Å². The molecule has 1 fully saturated rings. The van der Waals surface area contributed by atoms with Crippen LogP contribution in [0.15, 0.2) is 0 Å². The fourth-order valence-electron chi connectivity index (χ4n) is 1.64. The molecule has 5 heteroatoms. The molecule has 2 unspecified atom stereocenters.